The highest BCUT2D eigenvalue weighted by atomic mass is 16.2. The highest BCUT2D eigenvalue weighted by Crippen LogP contribution is 2.23. The Bertz CT molecular complexity index is 431. The molecule has 0 aromatic carbocycles. The van der Waals surface area contributed by atoms with Crippen LogP contribution in [0.5, 0.6) is 0 Å². The molecular weight excluding hydrogens is 232 g/mol. The summed E-state index contributed by atoms with van der Waals surface area (Å²) in [5.74, 6) is -0.582. The van der Waals surface area contributed by atoms with Crippen molar-refractivity contribution in [3.05, 3.63) is 30.1 Å². The Labute approximate surface area is 105 Å². The lowest BCUT2D eigenvalue weighted by Gasteiger charge is -2.35. The lowest BCUT2D eigenvalue weighted by molar-refractivity contribution is -0.137. The number of piperazine rings is 1. The van der Waals surface area contributed by atoms with Crippen LogP contribution in [0.2, 0.25) is 0 Å². The molecule has 96 valence electrons. The summed E-state index contributed by atoms with van der Waals surface area (Å²) in [6.07, 6.45) is 3.39. The van der Waals surface area contributed by atoms with Gasteiger partial charge in [0.15, 0.2) is 0 Å². The van der Waals surface area contributed by atoms with Gasteiger partial charge >= 0.3 is 0 Å². The van der Waals surface area contributed by atoms with Crippen molar-refractivity contribution in [3.63, 3.8) is 0 Å². The second-order valence-electron chi connectivity index (χ2n) is 4.47. The van der Waals surface area contributed by atoms with Gasteiger partial charge in [0.2, 0.25) is 11.8 Å². The van der Waals surface area contributed by atoms with Crippen LogP contribution in [0.1, 0.15) is 18.5 Å². The molecule has 2 rings (SSSR count). The standard InChI is InChI=1S/C12H16N4O2/c1-8(13)12(9-3-2-4-14-5-9)16-6-10(17)15-11(18)7-16/h2-5,8,12H,6-7,13H2,1H3,(H,15,17,18). The maximum atomic E-state index is 11.4. The topological polar surface area (TPSA) is 88.3 Å². The highest BCUT2D eigenvalue weighted by molar-refractivity contribution is 5.99. The predicted octanol–water partition coefficient (Wildman–Crippen LogP) is -0.572. The van der Waals surface area contributed by atoms with Crippen molar-refractivity contribution in [3.8, 4) is 0 Å². The number of carbonyl (C=O) groups is 2. The minimum atomic E-state index is -0.291. The first kappa shape index (κ1) is 12.7. The van der Waals surface area contributed by atoms with E-state index >= 15 is 0 Å². The molecule has 6 nitrogen and oxygen atoms in total. The molecule has 2 amide bonds. The number of nitrogens with one attached hydrogen (secondary N) is 1. The number of hydrogen-bond acceptors (Lipinski definition) is 5. The van der Waals surface area contributed by atoms with Crippen LogP contribution >= 0.6 is 0 Å². The first-order chi connectivity index (χ1) is 8.58. The van der Waals surface area contributed by atoms with Gasteiger partial charge in [0, 0.05) is 18.4 Å². The van der Waals surface area contributed by atoms with E-state index in [1.54, 1.807) is 17.3 Å². The van der Waals surface area contributed by atoms with Gasteiger partial charge in [-0.25, -0.2) is 0 Å². The average Bonchev–Trinajstić information content (AvgIpc) is 2.28. The second kappa shape index (κ2) is 5.24. The van der Waals surface area contributed by atoms with Crippen LogP contribution in [-0.2, 0) is 9.59 Å². The predicted molar refractivity (Wildman–Crippen MR) is 65.4 cm³/mol. The van der Waals surface area contributed by atoms with E-state index in [0.717, 1.165) is 5.56 Å². The summed E-state index contributed by atoms with van der Waals surface area (Å²) in [7, 11) is 0. The number of hydrogen-bond donors (Lipinski definition) is 2. The van der Waals surface area contributed by atoms with Gasteiger partial charge in [-0.3, -0.25) is 24.8 Å². The third-order valence-electron chi connectivity index (χ3n) is 2.89. The number of nitrogens with zero attached hydrogens (tertiary/aromatic N) is 2. The van der Waals surface area contributed by atoms with Gasteiger partial charge in [0.1, 0.15) is 0 Å². The minimum Gasteiger partial charge on any atom is -0.326 e. The summed E-state index contributed by atoms with van der Waals surface area (Å²) >= 11 is 0. The summed E-state index contributed by atoms with van der Waals surface area (Å²) in [6, 6.07) is 3.33. The van der Waals surface area contributed by atoms with Gasteiger partial charge in [-0.15, -0.1) is 0 Å². The van der Waals surface area contributed by atoms with Crippen molar-refractivity contribution < 1.29 is 9.59 Å². The van der Waals surface area contributed by atoms with Crippen LogP contribution in [0.25, 0.3) is 0 Å². The van der Waals surface area contributed by atoms with Gasteiger partial charge < -0.3 is 5.73 Å². The van der Waals surface area contributed by atoms with Crippen molar-refractivity contribution in [2.24, 2.45) is 5.73 Å². The van der Waals surface area contributed by atoms with E-state index in [1.165, 1.54) is 0 Å². The van der Waals surface area contributed by atoms with Crippen LogP contribution in [0, 0.1) is 0 Å². The maximum absolute atomic E-state index is 11.4. The van der Waals surface area contributed by atoms with Crippen molar-refractivity contribution in [1.29, 1.82) is 0 Å². The number of imide groups is 1. The Balaban J connectivity index is 2.25. The van der Waals surface area contributed by atoms with E-state index in [2.05, 4.69) is 10.3 Å². The zero-order valence-electron chi connectivity index (χ0n) is 10.2. The fourth-order valence-corrected chi connectivity index (χ4v) is 2.25. The molecule has 0 radical (unpaired) electrons. The van der Waals surface area contributed by atoms with E-state index in [9.17, 15) is 9.59 Å². The normalized spacial score (nSPS) is 20.3. The monoisotopic (exact) mass is 248 g/mol. The zero-order chi connectivity index (χ0) is 13.1. The molecule has 1 aliphatic rings. The summed E-state index contributed by atoms with van der Waals surface area (Å²) in [5, 5.41) is 2.28. The third kappa shape index (κ3) is 2.72. The quantitative estimate of drug-likeness (QED) is 0.699. The molecule has 1 fully saturated rings. The van der Waals surface area contributed by atoms with Gasteiger partial charge in [0.05, 0.1) is 19.1 Å². The van der Waals surface area contributed by atoms with Gasteiger partial charge in [-0.1, -0.05) is 6.07 Å². The van der Waals surface area contributed by atoms with Gasteiger partial charge in [0.25, 0.3) is 0 Å². The molecule has 18 heavy (non-hydrogen) atoms. The number of amides is 2. The Morgan fingerprint density at radius 2 is 2.06 bits per heavy atom. The van der Waals surface area contributed by atoms with Crippen molar-refractivity contribution in [2.45, 2.75) is 19.0 Å². The number of pyridine rings is 1. The van der Waals surface area contributed by atoms with Crippen LogP contribution < -0.4 is 11.1 Å². The number of rotatable bonds is 3. The smallest absolute Gasteiger partial charge is 0.240 e. The SMILES string of the molecule is CC(N)C(c1cccnc1)N1CC(=O)NC(=O)C1. The van der Waals surface area contributed by atoms with E-state index in [1.807, 2.05) is 19.1 Å². The van der Waals surface area contributed by atoms with Crippen LogP contribution in [0.4, 0.5) is 0 Å². The second-order valence-corrected chi connectivity index (χ2v) is 4.47. The largest absolute Gasteiger partial charge is 0.326 e. The lowest BCUT2D eigenvalue weighted by atomic mass is 10.00. The van der Waals surface area contributed by atoms with Crippen LogP contribution in [0.3, 0.4) is 0 Å². The molecule has 0 saturated carbocycles. The molecule has 0 bridgehead atoms. The molecule has 6 heteroatoms. The summed E-state index contributed by atoms with van der Waals surface area (Å²) < 4.78 is 0. The van der Waals surface area contributed by atoms with Crippen molar-refractivity contribution in [2.75, 3.05) is 13.1 Å². The van der Waals surface area contributed by atoms with Crippen molar-refractivity contribution in [1.82, 2.24) is 15.2 Å². The molecular formula is C12H16N4O2. The Morgan fingerprint density at radius 1 is 1.39 bits per heavy atom. The molecule has 1 aromatic rings. The first-order valence-electron chi connectivity index (χ1n) is 5.80. The van der Waals surface area contributed by atoms with Crippen LogP contribution in [0.15, 0.2) is 24.5 Å². The molecule has 1 aromatic heterocycles. The summed E-state index contributed by atoms with van der Waals surface area (Å²) in [5.41, 5.74) is 6.89. The first-order valence-corrected chi connectivity index (χ1v) is 5.80. The number of nitrogens with two attached hydrogens (primary N) is 1. The average molecular weight is 248 g/mol. The highest BCUT2D eigenvalue weighted by Gasteiger charge is 2.31. The molecule has 2 unspecified atom stereocenters. The van der Waals surface area contributed by atoms with Crippen molar-refractivity contribution >= 4 is 11.8 Å². The Kier molecular flexibility index (Phi) is 3.69. The van der Waals surface area contributed by atoms with Gasteiger partial charge in [-0.05, 0) is 18.6 Å². The molecule has 0 spiro atoms. The molecule has 2 heterocycles. The summed E-state index contributed by atoms with van der Waals surface area (Å²) in [6.45, 7) is 2.20. The summed E-state index contributed by atoms with van der Waals surface area (Å²) in [4.78, 5) is 28.7. The van der Waals surface area contributed by atoms with Gasteiger partial charge in [-0.2, -0.15) is 0 Å². The number of carbonyl (C=O) groups excluding carboxylic acids is 2. The Morgan fingerprint density at radius 3 is 2.56 bits per heavy atom. The molecule has 1 saturated heterocycles. The van der Waals surface area contributed by atoms with E-state index in [0.29, 0.717) is 0 Å². The molecule has 1 aliphatic heterocycles. The molecule has 2 atom stereocenters. The lowest BCUT2D eigenvalue weighted by Crippen LogP contribution is -2.54. The van der Waals surface area contributed by atoms with E-state index in [-0.39, 0.29) is 37.0 Å². The number of aromatic nitrogens is 1. The fraction of sp³-hybridized carbons (Fsp3) is 0.417. The van der Waals surface area contributed by atoms with E-state index < -0.39 is 0 Å². The Hall–Kier alpha value is -1.79. The molecule has 3 N–H and O–H groups in total. The molecule has 0 aliphatic carbocycles. The fourth-order valence-electron chi connectivity index (χ4n) is 2.25. The zero-order valence-corrected chi connectivity index (χ0v) is 10.2. The maximum Gasteiger partial charge on any atom is 0.240 e. The van der Waals surface area contributed by atoms with Crippen LogP contribution in [-0.4, -0.2) is 40.8 Å². The minimum absolute atomic E-state index is 0.173. The third-order valence-corrected chi connectivity index (χ3v) is 2.89. The van der Waals surface area contributed by atoms with E-state index in [4.69, 9.17) is 5.73 Å².